The van der Waals surface area contributed by atoms with Crippen LogP contribution >= 0.6 is 0 Å². The van der Waals surface area contributed by atoms with Gasteiger partial charge in [-0.25, -0.2) is 23.7 Å². The molecule has 2 aromatic heterocycles. The first-order valence-corrected chi connectivity index (χ1v) is 10.2. The third-order valence-corrected chi connectivity index (χ3v) is 6.45. The van der Waals surface area contributed by atoms with E-state index in [9.17, 15) is 13.6 Å². The van der Waals surface area contributed by atoms with Crippen LogP contribution in [0.25, 0.3) is 0 Å². The molecule has 1 amide bonds. The zero-order valence-corrected chi connectivity index (χ0v) is 16.8. The number of carbonyl (C=O) groups excluding carboxylic acids is 1. The smallest absolute Gasteiger partial charge is 0.249 e. The van der Waals surface area contributed by atoms with Gasteiger partial charge >= 0.3 is 0 Å². The first-order chi connectivity index (χ1) is 14.4. The van der Waals surface area contributed by atoms with Crippen molar-refractivity contribution in [3.05, 3.63) is 35.7 Å². The number of hydrogen-bond donors (Lipinski definition) is 1. The Balaban J connectivity index is 1.33. The van der Waals surface area contributed by atoms with Gasteiger partial charge in [-0.05, 0) is 6.42 Å². The van der Waals surface area contributed by atoms with Crippen molar-refractivity contribution >= 4 is 11.9 Å². The fraction of sp³-hybridized carbons (Fsp3) is 0.600. The molecule has 0 bridgehead atoms. The van der Waals surface area contributed by atoms with Gasteiger partial charge in [-0.2, -0.15) is 0 Å². The normalized spacial score (nSPS) is 25.2. The van der Waals surface area contributed by atoms with Crippen LogP contribution in [0, 0.1) is 5.92 Å². The Kier molecular flexibility index (Phi) is 4.49. The second-order valence-electron chi connectivity index (χ2n) is 8.66. The maximum absolute atomic E-state index is 13.2. The maximum atomic E-state index is 13.2. The lowest BCUT2D eigenvalue weighted by Crippen LogP contribution is -2.48. The first-order valence-electron chi connectivity index (χ1n) is 10.2. The largest absolute Gasteiger partial charge is 0.376 e. The Bertz CT molecular complexity index is 972. The van der Waals surface area contributed by atoms with E-state index in [4.69, 9.17) is 9.72 Å². The van der Waals surface area contributed by atoms with Gasteiger partial charge < -0.3 is 19.5 Å². The molecule has 2 aliphatic heterocycles. The third kappa shape index (κ3) is 3.32. The van der Waals surface area contributed by atoms with Gasteiger partial charge in [-0.3, -0.25) is 4.79 Å². The number of fused-ring (bicyclic) bond motifs is 2. The molecule has 0 aromatic carbocycles. The van der Waals surface area contributed by atoms with E-state index >= 15 is 0 Å². The summed E-state index contributed by atoms with van der Waals surface area (Å²) in [5.74, 6) is -2.92. The molecule has 1 saturated heterocycles. The summed E-state index contributed by atoms with van der Waals surface area (Å²) >= 11 is 0. The molecule has 8 nitrogen and oxygen atoms in total. The summed E-state index contributed by atoms with van der Waals surface area (Å²) in [7, 11) is 1.92. The lowest BCUT2D eigenvalue weighted by Gasteiger charge is -2.37. The average Bonchev–Trinajstić information content (AvgIpc) is 3.31. The Morgan fingerprint density at radius 2 is 2.20 bits per heavy atom. The molecule has 1 aliphatic carbocycles. The Morgan fingerprint density at radius 1 is 1.37 bits per heavy atom. The number of hydrogen-bond acceptors (Lipinski definition) is 6. The van der Waals surface area contributed by atoms with Crippen LogP contribution in [0.15, 0.2) is 18.7 Å². The fourth-order valence-corrected chi connectivity index (χ4v) is 4.67. The molecular formula is C20H24F2N6O2. The van der Waals surface area contributed by atoms with Crippen molar-refractivity contribution in [1.29, 1.82) is 0 Å². The lowest BCUT2D eigenvalue weighted by molar-refractivity contribution is -0.159. The van der Waals surface area contributed by atoms with Crippen LogP contribution < -0.4 is 5.32 Å². The number of nitrogens with one attached hydrogen (secondary N) is 1. The number of carbonyl (C=O) groups is 1. The molecular weight excluding hydrogens is 394 g/mol. The molecule has 1 N–H and O–H groups in total. The van der Waals surface area contributed by atoms with E-state index in [2.05, 4.69) is 15.3 Å². The van der Waals surface area contributed by atoms with E-state index < -0.39 is 17.3 Å². The van der Waals surface area contributed by atoms with E-state index in [1.54, 1.807) is 23.6 Å². The fourth-order valence-electron chi connectivity index (χ4n) is 4.67. The highest BCUT2D eigenvalue weighted by atomic mass is 19.3. The zero-order chi connectivity index (χ0) is 20.9. The molecule has 160 valence electrons. The number of amides is 1. The number of anilines is 1. The Hall–Kier alpha value is -2.62. The van der Waals surface area contributed by atoms with Gasteiger partial charge in [0.25, 0.3) is 0 Å². The Morgan fingerprint density at radius 3 is 2.93 bits per heavy atom. The van der Waals surface area contributed by atoms with Gasteiger partial charge in [-0.1, -0.05) is 0 Å². The van der Waals surface area contributed by atoms with Crippen LogP contribution in [-0.4, -0.2) is 55.9 Å². The number of nitrogens with zero attached hydrogens (tertiary/aromatic N) is 5. The van der Waals surface area contributed by atoms with Crippen molar-refractivity contribution in [2.24, 2.45) is 13.0 Å². The van der Waals surface area contributed by atoms with Gasteiger partial charge in [0.05, 0.1) is 42.9 Å². The summed E-state index contributed by atoms with van der Waals surface area (Å²) in [6, 6.07) is 0. The highest BCUT2D eigenvalue weighted by Gasteiger charge is 2.53. The van der Waals surface area contributed by atoms with Gasteiger partial charge in [0.2, 0.25) is 17.8 Å². The molecule has 1 saturated carbocycles. The summed E-state index contributed by atoms with van der Waals surface area (Å²) in [4.78, 5) is 27.7. The minimum Gasteiger partial charge on any atom is -0.376 e. The molecule has 2 fully saturated rings. The summed E-state index contributed by atoms with van der Waals surface area (Å²) in [6.07, 6.45) is 5.31. The topological polar surface area (TPSA) is 85.2 Å². The molecule has 10 heteroatoms. The minimum absolute atomic E-state index is 0.173. The van der Waals surface area contributed by atoms with Crippen LogP contribution in [0.5, 0.6) is 0 Å². The van der Waals surface area contributed by atoms with Gasteiger partial charge in [0.1, 0.15) is 0 Å². The number of aromatic nitrogens is 4. The molecule has 2 aromatic rings. The highest BCUT2D eigenvalue weighted by Crippen LogP contribution is 2.45. The quantitative estimate of drug-likeness (QED) is 0.816. The highest BCUT2D eigenvalue weighted by molar-refractivity contribution is 5.80. The number of aryl methyl sites for hydroxylation is 1. The Labute approximate surface area is 172 Å². The van der Waals surface area contributed by atoms with Crippen LogP contribution in [-0.2, 0) is 35.1 Å². The van der Waals surface area contributed by atoms with Crippen molar-refractivity contribution in [1.82, 2.24) is 24.4 Å². The molecule has 5 rings (SSSR count). The monoisotopic (exact) mass is 418 g/mol. The molecule has 1 atom stereocenters. The molecule has 30 heavy (non-hydrogen) atoms. The minimum atomic E-state index is -2.69. The van der Waals surface area contributed by atoms with E-state index in [-0.39, 0.29) is 18.7 Å². The third-order valence-electron chi connectivity index (χ3n) is 6.45. The number of halogens is 2. The number of ether oxygens (including phenoxy) is 1. The van der Waals surface area contributed by atoms with Crippen LogP contribution in [0.2, 0.25) is 0 Å². The summed E-state index contributed by atoms with van der Waals surface area (Å²) in [6.45, 7) is 2.41. The van der Waals surface area contributed by atoms with Gasteiger partial charge in [-0.15, -0.1) is 0 Å². The predicted molar refractivity (Wildman–Crippen MR) is 103 cm³/mol. The summed E-state index contributed by atoms with van der Waals surface area (Å²) in [5.41, 5.74) is 2.40. The van der Waals surface area contributed by atoms with Crippen LogP contribution in [0.3, 0.4) is 0 Å². The molecule has 4 heterocycles. The summed E-state index contributed by atoms with van der Waals surface area (Å²) in [5, 5.41) is 3.24. The second kappa shape index (κ2) is 6.97. The van der Waals surface area contributed by atoms with Crippen LogP contribution in [0.4, 0.5) is 14.7 Å². The number of rotatable bonds is 4. The SMILES string of the molecule is Cn1cncc1CNc1ncc2c(n1)C1(CCN(C(=O)C3CC(F)(F)C3)C1)COC2. The van der Waals surface area contributed by atoms with E-state index in [0.717, 1.165) is 17.0 Å². The van der Waals surface area contributed by atoms with E-state index in [1.807, 2.05) is 11.6 Å². The predicted octanol–water partition coefficient (Wildman–Crippen LogP) is 1.87. The van der Waals surface area contributed by atoms with Crippen molar-refractivity contribution in [2.45, 2.75) is 43.8 Å². The van der Waals surface area contributed by atoms with Crippen molar-refractivity contribution in [3.8, 4) is 0 Å². The second-order valence-corrected chi connectivity index (χ2v) is 8.66. The van der Waals surface area contributed by atoms with Crippen LogP contribution in [0.1, 0.15) is 36.2 Å². The molecule has 1 unspecified atom stereocenters. The van der Waals surface area contributed by atoms with E-state index in [1.165, 1.54) is 0 Å². The van der Waals surface area contributed by atoms with Crippen molar-refractivity contribution < 1.29 is 18.3 Å². The molecule has 1 spiro atoms. The standard InChI is InChI=1S/C20H24F2N6O2/c1-27-12-23-7-15(27)8-25-18-24-6-14-9-30-11-19(16(14)26-18)2-3-28(10-19)17(29)13-4-20(21,22)5-13/h6-7,12-13H,2-5,8-11H2,1H3,(H,24,25,26). The first kappa shape index (κ1) is 19.3. The molecule has 3 aliphatic rings. The van der Waals surface area contributed by atoms with E-state index in [0.29, 0.717) is 45.2 Å². The zero-order valence-electron chi connectivity index (χ0n) is 16.8. The van der Waals surface area contributed by atoms with Gasteiger partial charge in [0, 0.05) is 56.9 Å². The summed E-state index contributed by atoms with van der Waals surface area (Å²) < 4.78 is 34.1. The lowest BCUT2D eigenvalue weighted by atomic mass is 9.79. The van der Waals surface area contributed by atoms with Crippen molar-refractivity contribution in [3.63, 3.8) is 0 Å². The average molecular weight is 418 g/mol. The van der Waals surface area contributed by atoms with Crippen molar-refractivity contribution in [2.75, 3.05) is 25.0 Å². The van der Waals surface area contributed by atoms with Gasteiger partial charge in [0.15, 0.2) is 0 Å². The maximum Gasteiger partial charge on any atom is 0.249 e. The number of alkyl halides is 2. The molecule has 0 radical (unpaired) electrons. The number of likely N-dealkylation sites (tertiary alicyclic amines) is 1. The number of imidazole rings is 1.